The maximum atomic E-state index is 12.8. The zero-order valence-corrected chi connectivity index (χ0v) is 15.9. The summed E-state index contributed by atoms with van der Waals surface area (Å²) >= 11 is 5.97. The lowest BCUT2D eigenvalue weighted by molar-refractivity contribution is -0.138. The Kier molecular flexibility index (Phi) is 5.57. The predicted octanol–water partition coefficient (Wildman–Crippen LogP) is 3.71. The second-order valence-electron chi connectivity index (χ2n) is 6.20. The van der Waals surface area contributed by atoms with Crippen molar-refractivity contribution in [3.8, 4) is 17.2 Å². The summed E-state index contributed by atoms with van der Waals surface area (Å²) in [4.78, 5) is 14.6. The first-order valence-corrected chi connectivity index (χ1v) is 8.84. The molecule has 1 aliphatic rings. The largest absolute Gasteiger partial charge is 0.493 e. The number of ether oxygens (including phenoxy) is 3. The van der Waals surface area contributed by atoms with Gasteiger partial charge in [-0.2, -0.15) is 0 Å². The van der Waals surface area contributed by atoms with E-state index in [-0.39, 0.29) is 5.91 Å². The highest BCUT2D eigenvalue weighted by atomic mass is 35.5. The number of methoxy groups -OCH3 is 2. The fraction of sp³-hybridized carbons (Fsp3) is 0.350. The smallest absolute Gasteiger partial charge is 0.263 e. The van der Waals surface area contributed by atoms with E-state index >= 15 is 0 Å². The minimum atomic E-state index is -0.588. The van der Waals surface area contributed by atoms with Crippen LogP contribution in [0.1, 0.15) is 18.1 Å². The lowest BCUT2D eigenvalue weighted by Crippen LogP contribution is -2.43. The maximum absolute atomic E-state index is 12.8. The van der Waals surface area contributed by atoms with Crippen molar-refractivity contribution >= 4 is 17.5 Å². The van der Waals surface area contributed by atoms with Crippen LogP contribution >= 0.6 is 11.6 Å². The van der Waals surface area contributed by atoms with Crippen molar-refractivity contribution < 1.29 is 19.0 Å². The highest BCUT2D eigenvalue weighted by molar-refractivity contribution is 6.30. The summed E-state index contributed by atoms with van der Waals surface area (Å²) in [6.45, 7) is 2.93. The molecule has 0 radical (unpaired) electrons. The number of fused-ring (bicyclic) bond motifs is 1. The zero-order valence-electron chi connectivity index (χ0n) is 15.1. The number of amides is 1. The molecule has 2 aromatic rings. The second-order valence-corrected chi connectivity index (χ2v) is 6.64. The SMILES string of the molecule is COc1cc2c(cc1OC)CN(C(=O)C(C)Oc1cccc(Cl)c1)CC2. The molecule has 0 aliphatic carbocycles. The van der Waals surface area contributed by atoms with Gasteiger partial charge >= 0.3 is 0 Å². The molecule has 1 heterocycles. The first-order valence-electron chi connectivity index (χ1n) is 8.46. The average Bonchev–Trinajstić information content (AvgIpc) is 2.65. The molecule has 1 atom stereocenters. The summed E-state index contributed by atoms with van der Waals surface area (Å²) in [5.41, 5.74) is 2.24. The van der Waals surface area contributed by atoms with Crippen LogP contribution in [0.4, 0.5) is 0 Å². The second kappa shape index (κ2) is 7.87. The quantitative estimate of drug-likeness (QED) is 0.799. The Bertz CT molecular complexity index is 808. The summed E-state index contributed by atoms with van der Waals surface area (Å²) in [7, 11) is 3.23. The summed E-state index contributed by atoms with van der Waals surface area (Å²) in [6.07, 6.45) is 0.181. The number of halogens is 1. The molecule has 1 aliphatic heterocycles. The molecule has 5 nitrogen and oxygen atoms in total. The van der Waals surface area contributed by atoms with Crippen molar-refractivity contribution in [3.63, 3.8) is 0 Å². The average molecular weight is 376 g/mol. The minimum absolute atomic E-state index is 0.0505. The molecular formula is C20H22ClNO4. The molecule has 1 amide bonds. The normalized spacial score (nSPS) is 14.4. The van der Waals surface area contributed by atoms with E-state index in [1.807, 2.05) is 17.0 Å². The van der Waals surface area contributed by atoms with E-state index in [2.05, 4.69) is 0 Å². The monoisotopic (exact) mass is 375 g/mol. The Labute approximate surface area is 158 Å². The Morgan fingerprint density at radius 3 is 2.46 bits per heavy atom. The van der Waals surface area contributed by atoms with Crippen LogP contribution in [0.2, 0.25) is 5.02 Å². The van der Waals surface area contributed by atoms with Gasteiger partial charge in [-0.25, -0.2) is 0 Å². The van der Waals surface area contributed by atoms with Crippen molar-refractivity contribution in [1.29, 1.82) is 0 Å². The molecule has 2 aromatic carbocycles. The van der Waals surface area contributed by atoms with Crippen molar-refractivity contribution in [2.24, 2.45) is 0 Å². The van der Waals surface area contributed by atoms with Crippen LogP contribution in [0.15, 0.2) is 36.4 Å². The van der Waals surface area contributed by atoms with Crippen molar-refractivity contribution in [1.82, 2.24) is 4.90 Å². The van der Waals surface area contributed by atoms with Crippen LogP contribution in [0.3, 0.4) is 0 Å². The number of rotatable bonds is 5. The van der Waals surface area contributed by atoms with E-state index in [1.54, 1.807) is 45.4 Å². The van der Waals surface area contributed by atoms with Crippen LogP contribution in [0.5, 0.6) is 17.2 Å². The minimum Gasteiger partial charge on any atom is -0.493 e. The van der Waals surface area contributed by atoms with Crippen LogP contribution < -0.4 is 14.2 Å². The third-order valence-corrected chi connectivity index (χ3v) is 4.72. The Morgan fingerprint density at radius 1 is 1.12 bits per heavy atom. The molecule has 26 heavy (non-hydrogen) atoms. The molecule has 6 heteroatoms. The van der Waals surface area contributed by atoms with Gasteiger partial charge in [0.15, 0.2) is 17.6 Å². The number of nitrogens with zero attached hydrogens (tertiary/aromatic N) is 1. The van der Waals surface area contributed by atoms with Gasteiger partial charge in [-0.05, 0) is 54.8 Å². The van der Waals surface area contributed by atoms with Crippen LogP contribution in [-0.2, 0) is 17.8 Å². The van der Waals surface area contributed by atoms with Crippen molar-refractivity contribution in [3.05, 3.63) is 52.5 Å². The first-order chi connectivity index (χ1) is 12.5. The molecule has 3 rings (SSSR count). The van der Waals surface area contributed by atoms with E-state index in [4.69, 9.17) is 25.8 Å². The highest BCUT2D eigenvalue weighted by Gasteiger charge is 2.27. The topological polar surface area (TPSA) is 48.0 Å². The van der Waals surface area contributed by atoms with Gasteiger partial charge in [-0.3, -0.25) is 4.79 Å². The fourth-order valence-electron chi connectivity index (χ4n) is 3.12. The molecule has 1 unspecified atom stereocenters. The highest BCUT2D eigenvalue weighted by Crippen LogP contribution is 2.33. The third-order valence-electron chi connectivity index (χ3n) is 4.49. The van der Waals surface area contributed by atoms with Crippen molar-refractivity contribution in [2.45, 2.75) is 26.0 Å². The van der Waals surface area contributed by atoms with Gasteiger partial charge in [-0.15, -0.1) is 0 Å². The van der Waals surface area contributed by atoms with Gasteiger partial charge in [0.25, 0.3) is 5.91 Å². The Morgan fingerprint density at radius 2 is 1.81 bits per heavy atom. The summed E-state index contributed by atoms with van der Waals surface area (Å²) in [5.74, 6) is 1.92. The zero-order chi connectivity index (χ0) is 18.7. The van der Waals surface area contributed by atoms with E-state index < -0.39 is 6.10 Å². The summed E-state index contributed by atoms with van der Waals surface area (Å²) in [6, 6.07) is 11.0. The molecule has 0 aromatic heterocycles. The van der Waals surface area contributed by atoms with Gasteiger partial charge in [0.1, 0.15) is 5.75 Å². The van der Waals surface area contributed by atoms with Gasteiger partial charge in [0.2, 0.25) is 0 Å². The van der Waals surface area contributed by atoms with Crippen LogP contribution in [0.25, 0.3) is 0 Å². The lowest BCUT2D eigenvalue weighted by Gasteiger charge is -2.31. The van der Waals surface area contributed by atoms with E-state index in [0.717, 1.165) is 12.0 Å². The van der Waals surface area contributed by atoms with Crippen molar-refractivity contribution in [2.75, 3.05) is 20.8 Å². The molecule has 0 saturated heterocycles. The Balaban J connectivity index is 1.72. The van der Waals surface area contributed by atoms with Crippen LogP contribution in [-0.4, -0.2) is 37.7 Å². The number of hydrogen-bond donors (Lipinski definition) is 0. The number of benzene rings is 2. The van der Waals surface area contributed by atoms with E-state index in [9.17, 15) is 4.79 Å². The fourth-order valence-corrected chi connectivity index (χ4v) is 3.30. The van der Waals surface area contributed by atoms with Crippen LogP contribution in [0, 0.1) is 0 Å². The standard InChI is InChI=1S/C20H22ClNO4/c1-13(26-17-6-4-5-16(21)11-17)20(23)22-8-7-14-9-18(24-2)19(25-3)10-15(14)12-22/h4-6,9-11,13H,7-8,12H2,1-3H3. The number of carbonyl (C=O) groups excluding carboxylic acids is 1. The van der Waals surface area contributed by atoms with Gasteiger partial charge < -0.3 is 19.1 Å². The maximum Gasteiger partial charge on any atom is 0.263 e. The van der Waals surface area contributed by atoms with Gasteiger partial charge in [-0.1, -0.05) is 17.7 Å². The molecule has 0 saturated carbocycles. The summed E-state index contributed by atoms with van der Waals surface area (Å²) in [5, 5.41) is 0.579. The predicted molar refractivity (Wildman–Crippen MR) is 100 cm³/mol. The first kappa shape index (κ1) is 18.4. The van der Waals surface area contributed by atoms with Gasteiger partial charge in [0.05, 0.1) is 14.2 Å². The number of carbonyl (C=O) groups is 1. The molecule has 0 spiro atoms. The Hall–Kier alpha value is -2.40. The molecule has 138 valence electrons. The lowest BCUT2D eigenvalue weighted by atomic mass is 9.98. The summed E-state index contributed by atoms with van der Waals surface area (Å²) < 4.78 is 16.5. The van der Waals surface area contributed by atoms with E-state index in [0.29, 0.717) is 35.4 Å². The molecule has 0 bridgehead atoms. The molecule has 0 N–H and O–H groups in total. The molecular weight excluding hydrogens is 354 g/mol. The van der Waals surface area contributed by atoms with Gasteiger partial charge in [0, 0.05) is 18.1 Å². The third kappa shape index (κ3) is 3.88. The molecule has 0 fully saturated rings. The van der Waals surface area contributed by atoms with E-state index in [1.165, 1.54) is 5.56 Å². The number of hydrogen-bond acceptors (Lipinski definition) is 4.